The van der Waals surface area contributed by atoms with Gasteiger partial charge in [-0.05, 0) is 68.3 Å². The Bertz CT molecular complexity index is 1870. The summed E-state index contributed by atoms with van der Waals surface area (Å²) < 4.78 is 66.9. The molecule has 3 atom stereocenters. The van der Waals surface area contributed by atoms with E-state index in [-0.39, 0.29) is 62.1 Å². The third-order valence-electron chi connectivity index (χ3n) is 9.54. The highest BCUT2D eigenvalue weighted by molar-refractivity contribution is 6.35. The fraction of sp³-hybridized carbons (Fsp3) is 0.424. The average molecular weight is 640 g/mol. The molecule has 3 aliphatic rings. The van der Waals surface area contributed by atoms with Crippen LogP contribution in [0, 0.1) is 34.7 Å². The van der Waals surface area contributed by atoms with Gasteiger partial charge in [-0.25, -0.2) is 17.6 Å². The van der Waals surface area contributed by atoms with Gasteiger partial charge in [0.1, 0.15) is 29.9 Å². The number of aromatic nitrogens is 2. The Morgan fingerprint density at radius 2 is 1.91 bits per heavy atom. The number of ether oxygens (including phenoxy) is 1. The molecule has 1 N–H and O–H groups in total. The van der Waals surface area contributed by atoms with Crippen LogP contribution >= 0.6 is 11.6 Å². The van der Waals surface area contributed by atoms with Crippen molar-refractivity contribution >= 4 is 39.1 Å². The summed E-state index contributed by atoms with van der Waals surface area (Å²) in [7, 11) is 0. The van der Waals surface area contributed by atoms with Gasteiger partial charge >= 0.3 is 6.01 Å². The summed E-state index contributed by atoms with van der Waals surface area (Å²) in [5.41, 5.74) is -1.05. The first-order valence-electron chi connectivity index (χ1n) is 15.1. The fourth-order valence-corrected chi connectivity index (χ4v) is 7.67. The standard InChI is InChI=1S/C33H30ClF4N5O2/c34-24-13-23-30(29(38)27(24)22-12-21(44)11-19-4-5-25(36)28(37)26(19)22)40-32(41-31(23)42-8-1-3-18(15-39)6-10-42)45-17-33-7-2-9-43(33)16-20(35)14-33/h4-5,11-13,18,20,44H,1-3,6-10,14,16-17H2/t18?,20-,33+/m1/s1. The van der Waals surface area contributed by atoms with Crippen molar-refractivity contribution in [3.8, 4) is 29.0 Å². The number of aromatic hydroxyl groups is 1. The van der Waals surface area contributed by atoms with Gasteiger partial charge in [0.2, 0.25) is 0 Å². The van der Waals surface area contributed by atoms with Gasteiger partial charge in [0, 0.05) is 53.9 Å². The van der Waals surface area contributed by atoms with Crippen molar-refractivity contribution in [2.75, 3.05) is 37.7 Å². The minimum atomic E-state index is -1.20. The Morgan fingerprint density at radius 3 is 2.73 bits per heavy atom. The zero-order chi connectivity index (χ0) is 31.5. The number of anilines is 1. The molecule has 45 heavy (non-hydrogen) atoms. The van der Waals surface area contributed by atoms with E-state index in [1.165, 1.54) is 18.2 Å². The molecule has 0 radical (unpaired) electrons. The zero-order valence-corrected chi connectivity index (χ0v) is 25.1. The van der Waals surface area contributed by atoms with Crippen LogP contribution in [0.5, 0.6) is 11.8 Å². The second-order valence-electron chi connectivity index (χ2n) is 12.3. The van der Waals surface area contributed by atoms with Crippen LogP contribution in [-0.2, 0) is 0 Å². The summed E-state index contributed by atoms with van der Waals surface area (Å²) >= 11 is 6.71. The summed E-state index contributed by atoms with van der Waals surface area (Å²) in [5.74, 6) is -3.29. The third kappa shape index (κ3) is 5.18. The maximum atomic E-state index is 16.8. The van der Waals surface area contributed by atoms with Crippen LogP contribution in [0.25, 0.3) is 32.8 Å². The number of nitrogens with zero attached hydrogens (tertiary/aromatic N) is 5. The molecule has 3 aliphatic heterocycles. The first-order chi connectivity index (χ1) is 21.7. The molecule has 4 heterocycles. The van der Waals surface area contributed by atoms with E-state index in [4.69, 9.17) is 21.3 Å². The van der Waals surface area contributed by atoms with Gasteiger partial charge in [-0.15, -0.1) is 0 Å². The van der Waals surface area contributed by atoms with Crippen LogP contribution < -0.4 is 9.64 Å². The number of phenolic OH excluding ortho intramolecular Hbond substituents is 1. The summed E-state index contributed by atoms with van der Waals surface area (Å²) in [6, 6.07) is 8.33. The van der Waals surface area contributed by atoms with Gasteiger partial charge in [-0.2, -0.15) is 15.2 Å². The molecule has 0 spiro atoms. The molecule has 12 heteroatoms. The van der Waals surface area contributed by atoms with Gasteiger partial charge in [-0.1, -0.05) is 17.7 Å². The highest BCUT2D eigenvalue weighted by atomic mass is 35.5. The van der Waals surface area contributed by atoms with E-state index in [1.807, 2.05) is 4.90 Å². The molecular weight excluding hydrogens is 610 g/mol. The molecule has 3 saturated heterocycles. The smallest absolute Gasteiger partial charge is 0.319 e. The molecule has 234 valence electrons. The Kier molecular flexibility index (Phi) is 7.61. The second kappa shape index (κ2) is 11.5. The SMILES string of the molecule is N#CC1CCCN(c2nc(OC[C@@]34CCCN3C[C@H](F)C4)nc3c(F)c(-c4cc(O)cc5ccc(F)c(F)c45)c(Cl)cc23)CC1. The van der Waals surface area contributed by atoms with Crippen molar-refractivity contribution in [2.45, 2.75) is 50.2 Å². The number of alkyl halides is 1. The number of halogens is 5. The molecule has 0 bridgehead atoms. The van der Waals surface area contributed by atoms with Gasteiger partial charge in [0.25, 0.3) is 0 Å². The van der Waals surface area contributed by atoms with Gasteiger partial charge in [-0.3, -0.25) is 4.90 Å². The maximum absolute atomic E-state index is 16.8. The third-order valence-corrected chi connectivity index (χ3v) is 9.84. The zero-order valence-electron chi connectivity index (χ0n) is 24.3. The molecule has 1 unspecified atom stereocenters. The van der Waals surface area contributed by atoms with Crippen LogP contribution in [0.4, 0.5) is 23.4 Å². The first-order valence-corrected chi connectivity index (χ1v) is 15.5. The lowest BCUT2D eigenvalue weighted by molar-refractivity contribution is 0.107. The van der Waals surface area contributed by atoms with Crippen molar-refractivity contribution in [1.29, 1.82) is 5.26 Å². The van der Waals surface area contributed by atoms with E-state index in [0.717, 1.165) is 31.5 Å². The van der Waals surface area contributed by atoms with Crippen LogP contribution in [-0.4, -0.2) is 64.5 Å². The van der Waals surface area contributed by atoms with Crippen molar-refractivity contribution in [3.05, 3.63) is 52.8 Å². The van der Waals surface area contributed by atoms with E-state index >= 15 is 8.78 Å². The molecule has 0 saturated carbocycles. The molecule has 0 aliphatic carbocycles. The van der Waals surface area contributed by atoms with Crippen molar-refractivity contribution in [1.82, 2.24) is 14.9 Å². The van der Waals surface area contributed by atoms with Crippen molar-refractivity contribution in [2.24, 2.45) is 5.92 Å². The Hall–Kier alpha value is -3.88. The van der Waals surface area contributed by atoms with Crippen molar-refractivity contribution < 1.29 is 27.4 Å². The number of hydrogen-bond acceptors (Lipinski definition) is 7. The largest absolute Gasteiger partial charge is 0.508 e. The van der Waals surface area contributed by atoms with Crippen LogP contribution in [0.15, 0.2) is 30.3 Å². The van der Waals surface area contributed by atoms with Crippen molar-refractivity contribution in [3.63, 3.8) is 0 Å². The first kappa shape index (κ1) is 29.8. The van der Waals surface area contributed by atoms with Crippen LogP contribution in [0.1, 0.15) is 38.5 Å². The number of rotatable bonds is 5. The Morgan fingerprint density at radius 1 is 1.07 bits per heavy atom. The second-order valence-corrected chi connectivity index (χ2v) is 12.7. The van der Waals surface area contributed by atoms with E-state index in [2.05, 4.69) is 16.0 Å². The van der Waals surface area contributed by atoms with E-state index in [1.54, 1.807) is 0 Å². The summed E-state index contributed by atoms with van der Waals surface area (Å²) in [5, 5.41) is 20.0. The Balaban J connectivity index is 1.39. The average Bonchev–Trinajstić information content (AvgIpc) is 3.42. The molecule has 7 nitrogen and oxygen atoms in total. The van der Waals surface area contributed by atoms with Crippen LogP contribution in [0.2, 0.25) is 5.02 Å². The van der Waals surface area contributed by atoms with E-state index < -0.39 is 29.2 Å². The molecule has 3 aromatic carbocycles. The number of fused-ring (bicyclic) bond motifs is 3. The highest BCUT2D eigenvalue weighted by Gasteiger charge is 2.49. The molecule has 0 amide bonds. The predicted octanol–water partition coefficient (Wildman–Crippen LogP) is 7.31. The summed E-state index contributed by atoms with van der Waals surface area (Å²) in [4.78, 5) is 13.2. The maximum Gasteiger partial charge on any atom is 0.319 e. The Labute approximate surface area is 262 Å². The predicted molar refractivity (Wildman–Crippen MR) is 163 cm³/mol. The molecule has 7 rings (SSSR count). The van der Waals surface area contributed by atoms with Crippen LogP contribution in [0.3, 0.4) is 0 Å². The number of hydrogen-bond donors (Lipinski definition) is 1. The molecule has 3 fully saturated rings. The topological polar surface area (TPSA) is 85.5 Å². The summed E-state index contributed by atoms with van der Waals surface area (Å²) in [6.07, 6.45) is 3.06. The number of phenols is 1. The van der Waals surface area contributed by atoms with Gasteiger partial charge in [0.05, 0.1) is 16.6 Å². The van der Waals surface area contributed by atoms with Gasteiger partial charge < -0.3 is 14.7 Å². The quantitative estimate of drug-likeness (QED) is 0.229. The minimum Gasteiger partial charge on any atom is -0.508 e. The van der Waals surface area contributed by atoms with E-state index in [0.29, 0.717) is 51.1 Å². The van der Waals surface area contributed by atoms with E-state index in [9.17, 15) is 19.1 Å². The lowest BCUT2D eigenvalue weighted by Gasteiger charge is -2.31. The molecule has 4 aromatic rings. The number of nitriles is 1. The monoisotopic (exact) mass is 639 g/mol. The lowest BCUT2D eigenvalue weighted by atomic mass is 9.95. The lowest BCUT2D eigenvalue weighted by Crippen LogP contribution is -2.43. The summed E-state index contributed by atoms with van der Waals surface area (Å²) in [6.45, 7) is 2.26. The highest BCUT2D eigenvalue weighted by Crippen LogP contribution is 2.44. The normalized spacial score (nSPS) is 23.8. The number of benzene rings is 3. The minimum absolute atomic E-state index is 0.104. The molecular formula is C33H30ClF4N5O2. The fourth-order valence-electron chi connectivity index (χ4n) is 7.38. The molecule has 1 aromatic heterocycles. The van der Waals surface area contributed by atoms with Gasteiger partial charge in [0.15, 0.2) is 17.5 Å².